The first-order chi connectivity index (χ1) is 9.13. The number of hydrogen-bond acceptors (Lipinski definition) is 2. The largest absolute Gasteiger partial charge is 0.481 e. The molecule has 0 amide bonds. The summed E-state index contributed by atoms with van der Waals surface area (Å²) >= 11 is 0. The van der Waals surface area contributed by atoms with Crippen molar-refractivity contribution in [1.82, 2.24) is 0 Å². The fraction of sp³-hybridized carbons (Fsp3) is 0.733. The van der Waals surface area contributed by atoms with Crippen molar-refractivity contribution in [3.8, 4) is 0 Å². The number of allylic oxidation sites excluding steroid dienone is 1. The van der Waals surface area contributed by atoms with Gasteiger partial charge in [-0.15, -0.1) is 0 Å². The SMILES string of the molecule is O=C(O)C=CCCCCCCCCCCCC(=O)O. The molecule has 0 fully saturated rings. The van der Waals surface area contributed by atoms with E-state index in [1.165, 1.54) is 31.8 Å². The Balaban J connectivity index is 3.07. The maximum absolute atomic E-state index is 10.3. The molecule has 0 spiro atoms. The highest BCUT2D eigenvalue weighted by atomic mass is 16.4. The Hall–Kier alpha value is -1.32. The molecular formula is C15H26O4. The lowest BCUT2D eigenvalue weighted by atomic mass is 10.1. The summed E-state index contributed by atoms with van der Waals surface area (Å²) in [5.41, 5.74) is 0. The van der Waals surface area contributed by atoms with Crippen LogP contribution >= 0.6 is 0 Å². The van der Waals surface area contributed by atoms with Gasteiger partial charge in [0.05, 0.1) is 0 Å². The molecule has 4 nitrogen and oxygen atoms in total. The van der Waals surface area contributed by atoms with E-state index in [0.29, 0.717) is 6.42 Å². The standard InChI is InChI=1S/C15H26O4/c16-14(17)12-10-8-6-4-2-1-3-5-7-9-11-13-15(18)19/h10,12H,1-9,11,13H2,(H,16,17)(H,18,19). The van der Waals surface area contributed by atoms with Gasteiger partial charge in [0.25, 0.3) is 0 Å². The highest BCUT2D eigenvalue weighted by Gasteiger charge is 1.96. The third-order valence-corrected chi connectivity index (χ3v) is 3.02. The van der Waals surface area contributed by atoms with Gasteiger partial charge in [-0.3, -0.25) is 4.79 Å². The average Bonchev–Trinajstić information content (AvgIpc) is 2.34. The summed E-state index contributed by atoms with van der Waals surface area (Å²) in [6.07, 6.45) is 14.1. The van der Waals surface area contributed by atoms with E-state index >= 15 is 0 Å². The Labute approximate surface area is 115 Å². The molecular weight excluding hydrogens is 244 g/mol. The number of rotatable bonds is 13. The number of aliphatic carboxylic acids is 2. The summed E-state index contributed by atoms with van der Waals surface area (Å²) in [4.78, 5) is 20.5. The first-order valence-corrected chi connectivity index (χ1v) is 7.24. The van der Waals surface area contributed by atoms with Crippen LogP contribution in [0.2, 0.25) is 0 Å². The first-order valence-electron chi connectivity index (χ1n) is 7.24. The van der Waals surface area contributed by atoms with Crippen LogP contribution in [0.4, 0.5) is 0 Å². The minimum atomic E-state index is -0.872. The van der Waals surface area contributed by atoms with Crippen molar-refractivity contribution in [2.75, 3.05) is 0 Å². The molecule has 0 rings (SSSR count). The van der Waals surface area contributed by atoms with E-state index in [9.17, 15) is 9.59 Å². The molecule has 0 aliphatic heterocycles. The number of unbranched alkanes of at least 4 members (excludes halogenated alkanes) is 9. The predicted molar refractivity (Wildman–Crippen MR) is 75.2 cm³/mol. The molecule has 0 aliphatic carbocycles. The monoisotopic (exact) mass is 270 g/mol. The van der Waals surface area contributed by atoms with Crippen LogP contribution in [-0.4, -0.2) is 22.2 Å². The maximum atomic E-state index is 10.3. The predicted octanol–water partition coefficient (Wildman–Crippen LogP) is 4.00. The minimum absolute atomic E-state index is 0.295. The van der Waals surface area contributed by atoms with Gasteiger partial charge in [-0.1, -0.05) is 51.0 Å². The topological polar surface area (TPSA) is 74.6 Å². The van der Waals surface area contributed by atoms with E-state index in [1.54, 1.807) is 6.08 Å². The van der Waals surface area contributed by atoms with Gasteiger partial charge in [-0.25, -0.2) is 4.79 Å². The van der Waals surface area contributed by atoms with Crippen LogP contribution in [0.5, 0.6) is 0 Å². The second-order valence-corrected chi connectivity index (χ2v) is 4.86. The number of hydrogen-bond donors (Lipinski definition) is 2. The zero-order valence-electron chi connectivity index (χ0n) is 11.6. The Morgan fingerprint density at radius 2 is 1.21 bits per heavy atom. The second kappa shape index (κ2) is 13.1. The van der Waals surface area contributed by atoms with E-state index in [2.05, 4.69) is 0 Å². The van der Waals surface area contributed by atoms with Gasteiger partial charge in [0, 0.05) is 12.5 Å². The third kappa shape index (κ3) is 16.7. The third-order valence-electron chi connectivity index (χ3n) is 3.02. The Bertz CT molecular complexity index is 271. The molecule has 110 valence electrons. The van der Waals surface area contributed by atoms with E-state index in [-0.39, 0.29) is 0 Å². The van der Waals surface area contributed by atoms with Crippen molar-refractivity contribution in [3.05, 3.63) is 12.2 Å². The van der Waals surface area contributed by atoms with Crippen molar-refractivity contribution in [1.29, 1.82) is 0 Å². The minimum Gasteiger partial charge on any atom is -0.481 e. The summed E-state index contributed by atoms with van der Waals surface area (Å²) < 4.78 is 0. The fourth-order valence-corrected chi connectivity index (χ4v) is 1.96. The van der Waals surface area contributed by atoms with Gasteiger partial charge in [-0.2, -0.15) is 0 Å². The molecule has 0 aromatic rings. The van der Waals surface area contributed by atoms with Gasteiger partial charge in [0.1, 0.15) is 0 Å². The number of carboxylic acids is 2. The number of carbonyl (C=O) groups is 2. The maximum Gasteiger partial charge on any atom is 0.327 e. The zero-order valence-corrected chi connectivity index (χ0v) is 11.6. The summed E-state index contributed by atoms with van der Waals surface area (Å²) in [6, 6.07) is 0. The summed E-state index contributed by atoms with van der Waals surface area (Å²) in [5, 5.41) is 16.9. The molecule has 0 heterocycles. The molecule has 0 atom stereocenters. The van der Waals surface area contributed by atoms with Gasteiger partial charge in [0.2, 0.25) is 0 Å². The molecule has 4 heteroatoms. The van der Waals surface area contributed by atoms with Crippen LogP contribution in [0.25, 0.3) is 0 Å². The number of carboxylic acid groups (broad SMARTS) is 2. The van der Waals surface area contributed by atoms with Gasteiger partial charge in [0.15, 0.2) is 0 Å². The first kappa shape index (κ1) is 17.7. The van der Waals surface area contributed by atoms with Gasteiger partial charge >= 0.3 is 11.9 Å². The van der Waals surface area contributed by atoms with E-state index < -0.39 is 11.9 Å². The van der Waals surface area contributed by atoms with Crippen LogP contribution < -0.4 is 0 Å². The molecule has 0 bridgehead atoms. The van der Waals surface area contributed by atoms with E-state index in [0.717, 1.165) is 38.5 Å². The highest BCUT2D eigenvalue weighted by Crippen LogP contribution is 2.11. The van der Waals surface area contributed by atoms with Crippen LogP contribution in [0.3, 0.4) is 0 Å². The van der Waals surface area contributed by atoms with E-state index in [4.69, 9.17) is 10.2 Å². The molecule has 0 unspecified atom stereocenters. The Kier molecular flexibility index (Phi) is 12.2. The summed E-state index contributed by atoms with van der Waals surface area (Å²) in [6.45, 7) is 0. The smallest absolute Gasteiger partial charge is 0.327 e. The van der Waals surface area contributed by atoms with Crippen molar-refractivity contribution in [3.63, 3.8) is 0 Å². The Morgan fingerprint density at radius 1 is 0.737 bits per heavy atom. The molecule has 0 saturated carbocycles. The molecule has 0 aliphatic rings. The fourth-order valence-electron chi connectivity index (χ4n) is 1.96. The Morgan fingerprint density at radius 3 is 1.68 bits per heavy atom. The van der Waals surface area contributed by atoms with Gasteiger partial charge < -0.3 is 10.2 Å². The van der Waals surface area contributed by atoms with Crippen molar-refractivity contribution < 1.29 is 19.8 Å². The van der Waals surface area contributed by atoms with Crippen LogP contribution in [0, 0.1) is 0 Å². The van der Waals surface area contributed by atoms with Crippen LogP contribution in [-0.2, 0) is 9.59 Å². The van der Waals surface area contributed by atoms with Crippen LogP contribution in [0.1, 0.15) is 70.6 Å². The second-order valence-electron chi connectivity index (χ2n) is 4.86. The quantitative estimate of drug-likeness (QED) is 0.392. The summed E-state index contributed by atoms with van der Waals surface area (Å²) in [5.74, 6) is -1.57. The van der Waals surface area contributed by atoms with Crippen molar-refractivity contribution in [2.45, 2.75) is 70.6 Å². The van der Waals surface area contributed by atoms with Crippen LogP contribution in [0.15, 0.2) is 12.2 Å². The average molecular weight is 270 g/mol. The van der Waals surface area contributed by atoms with Crippen molar-refractivity contribution in [2.24, 2.45) is 0 Å². The van der Waals surface area contributed by atoms with E-state index in [1.807, 2.05) is 0 Å². The molecule has 2 N–H and O–H groups in total. The normalized spacial score (nSPS) is 10.9. The lowest BCUT2D eigenvalue weighted by Crippen LogP contribution is -1.93. The highest BCUT2D eigenvalue weighted by molar-refractivity contribution is 5.79. The summed E-state index contributed by atoms with van der Waals surface area (Å²) in [7, 11) is 0. The molecule has 19 heavy (non-hydrogen) atoms. The lowest BCUT2D eigenvalue weighted by molar-refractivity contribution is -0.137. The molecule has 0 radical (unpaired) electrons. The molecule has 0 saturated heterocycles. The zero-order chi connectivity index (χ0) is 14.3. The lowest BCUT2D eigenvalue weighted by Gasteiger charge is -2.01. The van der Waals surface area contributed by atoms with Crippen molar-refractivity contribution >= 4 is 11.9 Å². The molecule has 0 aromatic heterocycles. The molecule has 0 aromatic carbocycles. The van der Waals surface area contributed by atoms with Gasteiger partial charge in [-0.05, 0) is 19.3 Å².